The summed E-state index contributed by atoms with van der Waals surface area (Å²) in [6.45, 7) is -0.124. The number of nitrogens with zero attached hydrogens (tertiary/aromatic N) is 2. The van der Waals surface area contributed by atoms with Gasteiger partial charge in [0.15, 0.2) is 6.61 Å². The number of halogens is 2. The molecule has 0 unspecified atom stereocenters. The van der Waals surface area contributed by atoms with Crippen molar-refractivity contribution in [3.63, 3.8) is 0 Å². The zero-order valence-corrected chi connectivity index (χ0v) is 13.2. The number of carbonyl (C=O) groups is 1. The Kier molecular flexibility index (Phi) is 4.86. The minimum atomic E-state index is -0.465. The topological polar surface area (TPSA) is 65.2 Å². The Bertz CT molecular complexity index is 832. The minimum absolute atomic E-state index is 0.0401. The highest BCUT2D eigenvalue weighted by atomic mass is 35.5. The first-order valence-corrected chi connectivity index (χ1v) is 7.46. The molecule has 0 aliphatic heterocycles. The van der Waals surface area contributed by atoms with Gasteiger partial charge in [-0.25, -0.2) is 4.39 Å². The van der Waals surface area contributed by atoms with Gasteiger partial charge < -0.3 is 9.26 Å². The van der Waals surface area contributed by atoms with Crippen molar-refractivity contribution in [2.45, 2.75) is 13.0 Å². The van der Waals surface area contributed by atoms with Crippen LogP contribution in [-0.4, -0.2) is 16.1 Å². The third-order valence-electron chi connectivity index (χ3n) is 3.19. The molecular formula is C17H12ClFN2O3. The van der Waals surface area contributed by atoms with Crippen molar-refractivity contribution in [3.8, 4) is 11.4 Å². The van der Waals surface area contributed by atoms with Crippen LogP contribution in [-0.2, 0) is 22.6 Å². The third kappa shape index (κ3) is 4.17. The first-order valence-electron chi connectivity index (χ1n) is 7.09. The van der Waals surface area contributed by atoms with Crippen molar-refractivity contribution in [2.24, 2.45) is 0 Å². The molecular weight excluding hydrogens is 335 g/mol. The summed E-state index contributed by atoms with van der Waals surface area (Å²) in [5.74, 6) is -0.246. The fourth-order valence-electron chi connectivity index (χ4n) is 1.99. The maximum Gasteiger partial charge on any atom is 0.310 e. The normalized spacial score (nSPS) is 10.6. The van der Waals surface area contributed by atoms with E-state index < -0.39 is 5.97 Å². The van der Waals surface area contributed by atoms with Gasteiger partial charge in [0.25, 0.3) is 5.89 Å². The van der Waals surface area contributed by atoms with Crippen LogP contribution in [0.15, 0.2) is 53.1 Å². The van der Waals surface area contributed by atoms with E-state index in [1.165, 1.54) is 24.3 Å². The Hall–Kier alpha value is -2.73. The van der Waals surface area contributed by atoms with Crippen LogP contribution in [0, 0.1) is 5.82 Å². The number of benzene rings is 2. The first kappa shape index (κ1) is 16.1. The summed E-state index contributed by atoms with van der Waals surface area (Å²) in [4.78, 5) is 15.9. The van der Waals surface area contributed by atoms with Crippen molar-refractivity contribution in [1.29, 1.82) is 0 Å². The zero-order chi connectivity index (χ0) is 16.9. The molecule has 7 heteroatoms. The van der Waals surface area contributed by atoms with Crippen LogP contribution in [0.5, 0.6) is 0 Å². The zero-order valence-electron chi connectivity index (χ0n) is 12.4. The maximum absolute atomic E-state index is 12.8. The molecule has 1 heterocycles. The Morgan fingerprint density at radius 2 is 1.83 bits per heavy atom. The molecule has 3 aromatic rings. The predicted octanol–water partition coefficient (Wildman–Crippen LogP) is 3.82. The molecule has 0 N–H and O–H groups in total. The van der Waals surface area contributed by atoms with E-state index in [1.807, 2.05) is 0 Å². The van der Waals surface area contributed by atoms with Crippen molar-refractivity contribution in [3.05, 3.63) is 70.8 Å². The van der Waals surface area contributed by atoms with Gasteiger partial charge >= 0.3 is 5.97 Å². The van der Waals surface area contributed by atoms with Crippen molar-refractivity contribution in [1.82, 2.24) is 10.1 Å². The van der Waals surface area contributed by atoms with E-state index in [1.54, 1.807) is 24.3 Å². The van der Waals surface area contributed by atoms with Crippen LogP contribution in [0.3, 0.4) is 0 Å². The van der Waals surface area contributed by atoms with E-state index >= 15 is 0 Å². The number of carbonyl (C=O) groups excluding carboxylic acids is 1. The summed E-state index contributed by atoms with van der Waals surface area (Å²) >= 11 is 5.82. The molecule has 0 spiro atoms. The molecule has 1 aromatic heterocycles. The quantitative estimate of drug-likeness (QED) is 0.657. The number of hydrogen-bond acceptors (Lipinski definition) is 5. The molecule has 0 amide bonds. The number of aromatic nitrogens is 2. The van der Waals surface area contributed by atoms with Crippen LogP contribution < -0.4 is 0 Å². The van der Waals surface area contributed by atoms with Crippen molar-refractivity contribution < 1.29 is 18.4 Å². The Labute approximate surface area is 142 Å². The van der Waals surface area contributed by atoms with E-state index in [2.05, 4.69) is 10.1 Å². The summed E-state index contributed by atoms with van der Waals surface area (Å²) < 4.78 is 22.9. The summed E-state index contributed by atoms with van der Waals surface area (Å²) in [5, 5.41) is 4.43. The highest BCUT2D eigenvalue weighted by molar-refractivity contribution is 6.30. The highest BCUT2D eigenvalue weighted by Crippen LogP contribution is 2.18. The van der Waals surface area contributed by atoms with Gasteiger partial charge in [-0.2, -0.15) is 4.98 Å². The van der Waals surface area contributed by atoms with Gasteiger partial charge in [-0.1, -0.05) is 28.9 Å². The molecule has 122 valence electrons. The molecule has 0 saturated carbocycles. The van der Waals surface area contributed by atoms with E-state index in [4.69, 9.17) is 20.9 Å². The summed E-state index contributed by atoms with van der Waals surface area (Å²) in [6, 6.07) is 12.6. The lowest BCUT2D eigenvalue weighted by atomic mass is 10.1. The molecule has 0 bridgehead atoms. The average molecular weight is 347 g/mol. The second-order valence-electron chi connectivity index (χ2n) is 4.98. The summed E-state index contributed by atoms with van der Waals surface area (Å²) in [7, 11) is 0. The van der Waals surface area contributed by atoms with E-state index in [9.17, 15) is 9.18 Å². The molecule has 3 rings (SSSR count). The smallest absolute Gasteiger partial charge is 0.310 e. The highest BCUT2D eigenvalue weighted by Gasteiger charge is 2.11. The number of rotatable bonds is 5. The Morgan fingerprint density at radius 3 is 2.54 bits per heavy atom. The predicted molar refractivity (Wildman–Crippen MR) is 84.6 cm³/mol. The van der Waals surface area contributed by atoms with E-state index in [-0.39, 0.29) is 24.7 Å². The summed E-state index contributed by atoms with van der Waals surface area (Å²) in [6.07, 6.45) is 0.0401. The number of esters is 1. The molecule has 0 radical (unpaired) electrons. The lowest BCUT2D eigenvalue weighted by Gasteiger charge is -2.02. The Balaban J connectivity index is 1.56. The van der Waals surface area contributed by atoms with Crippen molar-refractivity contribution >= 4 is 17.6 Å². The van der Waals surface area contributed by atoms with Gasteiger partial charge in [-0.05, 0) is 42.0 Å². The summed E-state index contributed by atoms with van der Waals surface area (Å²) in [5.41, 5.74) is 1.40. The van der Waals surface area contributed by atoms with Gasteiger partial charge in [-0.15, -0.1) is 0 Å². The lowest BCUT2D eigenvalue weighted by molar-refractivity contribution is -0.144. The van der Waals surface area contributed by atoms with Gasteiger partial charge in [0.05, 0.1) is 6.42 Å². The fourth-order valence-corrected chi connectivity index (χ4v) is 2.12. The lowest BCUT2D eigenvalue weighted by Crippen LogP contribution is -2.08. The van der Waals surface area contributed by atoms with Gasteiger partial charge in [0, 0.05) is 10.6 Å². The molecule has 0 fully saturated rings. The van der Waals surface area contributed by atoms with Gasteiger partial charge in [0.1, 0.15) is 5.82 Å². The van der Waals surface area contributed by atoms with Crippen LogP contribution >= 0.6 is 11.6 Å². The van der Waals surface area contributed by atoms with Crippen LogP contribution in [0.25, 0.3) is 11.4 Å². The standard InChI is InChI=1S/C17H12ClFN2O3/c18-13-5-3-12(4-6-13)17-20-15(24-21-17)10-23-16(22)9-11-1-7-14(19)8-2-11/h1-8H,9-10H2. The Morgan fingerprint density at radius 1 is 1.12 bits per heavy atom. The molecule has 0 aliphatic rings. The van der Waals surface area contributed by atoms with E-state index in [0.717, 1.165) is 5.56 Å². The van der Waals surface area contributed by atoms with Crippen LogP contribution in [0.2, 0.25) is 5.02 Å². The second-order valence-corrected chi connectivity index (χ2v) is 5.42. The maximum atomic E-state index is 12.8. The average Bonchev–Trinajstić information content (AvgIpc) is 3.05. The fraction of sp³-hybridized carbons (Fsp3) is 0.118. The van der Waals surface area contributed by atoms with E-state index in [0.29, 0.717) is 16.4 Å². The van der Waals surface area contributed by atoms with Crippen LogP contribution in [0.1, 0.15) is 11.5 Å². The second kappa shape index (κ2) is 7.23. The third-order valence-corrected chi connectivity index (χ3v) is 3.44. The molecule has 5 nitrogen and oxygen atoms in total. The minimum Gasteiger partial charge on any atom is -0.455 e. The number of ether oxygens (including phenoxy) is 1. The van der Waals surface area contributed by atoms with Crippen molar-refractivity contribution in [2.75, 3.05) is 0 Å². The first-order chi connectivity index (χ1) is 11.6. The molecule has 24 heavy (non-hydrogen) atoms. The monoisotopic (exact) mass is 346 g/mol. The van der Waals surface area contributed by atoms with Gasteiger partial charge in [0.2, 0.25) is 5.82 Å². The molecule has 2 aromatic carbocycles. The molecule has 0 atom stereocenters. The molecule has 0 saturated heterocycles. The molecule has 0 aliphatic carbocycles. The number of hydrogen-bond donors (Lipinski definition) is 0. The van der Waals surface area contributed by atoms with Gasteiger partial charge in [-0.3, -0.25) is 4.79 Å². The SMILES string of the molecule is O=C(Cc1ccc(F)cc1)OCc1nc(-c2ccc(Cl)cc2)no1. The van der Waals surface area contributed by atoms with Crippen LogP contribution in [0.4, 0.5) is 4.39 Å². The largest absolute Gasteiger partial charge is 0.455 e.